The minimum absolute atomic E-state index is 0.265. The summed E-state index contributed by atoms with van der Waals surface area (Å²) >= 11 is 0. The van der Waals surface area contributed by atoms with Crippen molar-refractivity contribution in [3.63, 3.8) is 0 Å². The average molecular weight is 285 g/mol. The number of nitrogens with one attached hydrogen (secondary N) is 1. The van der Waals surface area contributed by atoms with Crippen LogP contribution in [0.25, 0.3) is 0 Å². The summed E-state index contributed by atoms with van der Waals surface area (Å²) in [6.07, 6.45) is 0. The Bertz CT molecular complexity index is 610. The Morgan fingerprint density at radius 3 is 2.62 bits per heavy atom. The van der Waals surface area contributed by atoms with E-state index in [-0.39, 0.29) is 6.04 Å². The molecule has 0 bridgehead atoms. The first kappa shape index (κ1) is 13.8. The van der Waals surface area contributed by atoms with Gasteiger partial charge in [-0.05, 0) is 42.3 Å². The van der Waals surface area contributed by atoms with Crippen LogP contribution in [0.4, 0.5) is 0 Å². The van der Waals surface area contributed by atoms with Crippen molar-refractivity contribution in [3.8, 4) is 17.2 Å². The summed E-state index contributed by atoms with van der Waals surface area (Å²) in [5, 5.41) is 3.51. The Morgan fingerprint density at radius 2 is 1.86 bits per heavy atom. The quantitative estimate of drug-likeness (QED) is 0.915. The van der Waals surface area contributed by atoms with E-state index < -0.39 is 0 Å². The molecular formula is C17H19NO3. The smallest absolute Gasteiger partial charge is 0.231 e. The molecule has 110 valence electrons. The molecule has 1 N–H and O–H groups in total. The maximum Gasteiger partial charge on any atom is 0.231 e. The van der Waals surface area contributed by atoms with Gasteiger partial charge in [-0.3, -0.25) is 0 Å². The molecule has 4 heteroatoms. The molecule has 1 atom stereocenters. The lowest BCUT2D eigenvalue weighted by Gasteiger charge is -2.15. The molecule has 2 aromatic rings. The van der Waals surface area contributed by atoms with Crippen molar-refractivity contribution in [3.05, 3.63) is 53.6 Å². The third-order valence-electron chi connectivity index (χ3n) is 3.67. The van der Waals surface area contributed by atoms with E-state index in [1.54, 1.807) is 7.11 Å². The van der Waals surface area contributed by atoms with Crippen LogP contribution in [-0.4, -0.2) is 13.9 Å². The third-order valence-corrected chi connectivity index (χ3v) is 3.67. The number of hydrogen-bond donors (Lipinski definition) is 1. The van der Waals surface area contributed by atoms with Gasteiger partial charge in [-0.15, -0.1) is 0 Å². The van der Waals surface area contributed by atoms with Gasteiger partial charge in [0.05, 0.1) is 7.11 Å². The van der Waals surface area contributed by atoms with Crippen molar-refractivity contribution in [1.29, 1.82) is 0 Å². The van der Waals surface area contributed by atoms with Gasteiger partial charge in [0, 0.05) is 12.6 Å². The second kappa shape index (κ2) is 6.06. The lowest BCUT2D eigenvalue weighted by Crippen LogP contribution is -2.17. The highest BCUT2D eigenvalue weighted by molar-refractivity contribution is 5.44. The first-order valence-electron chi connectivity index (χ1n) is 7.02. The number of fused-ring (bicyclic) bond motifs is 1. The molecule has 21 heavy (non-hydrogen) atoms. The standard InChI is InChI=1S/C17H19NO3/c1-12(14-4-6-15(19-2)7-5-14)18-10-13-3-8-16-17(9-13)21-11-20-16/h3-9,12,18H,10-11H2,1-2H3/t12-/m0/s1. The molecule has 0 saturated heterocycles. The van der Waals surface area contributed by atoms with Crippen molar-refractivity contribution in [2.45, 2.75) is 19.5 Å². The largest absolute Gasteiger partial charge is 0.497 e. The Labute approximate surface area is 124 Å². The molecule has 3 rings (SSSR count). The zero-order valence-electron chi connectivity index (χ0n) is 12.3. The lowest BCUT2D eigenvalue weighted by molar-refractivity contribution is 0.174. The predicted octanol–water partition coefficient (Wildman–Crippen LogP) is 3.27. The molecule has 0 fully saturated rings. The van der Waals surface area contributed by atoms with E-state index >= 15 is 0 Å². The van der Waals surface area contributed by atoms with Gasteiger partial charge in [0.15, 0.2) is 11.5 Å². The third kappa shape index (κ3) is 3.11. The summed E-state index contributed by atoms with van der Waals surface area (Å²) in [5.74, 6) is 2.52. The van der Waals surface area contributed by atoms with Crippen LogP contribution in [0.3, 0.4) is 0 Å². The molecule has 0 radical (unpaired) electrons. The molecule has 0 amide bonds. The highest BCUT2D eigenvalue weighted by Crippen LogP contribution is 2.32. The van der Waals surface area contributed by atoms with Crippen LogP contribution in [0, 0.1) is 0 Å². The minimum atomic E-state index is 0.265. The first-order chi connectivity index (χ1) is 10.3. The fraction of sp³-hybridized carbons (Fsp3) is 0.294. The van der Waals surface area contributed by atoms with Gasteiger partial charge in [0.2, 0.25) is 6.79 Å². The number of rotatable bonds is 5. The van der Waals surface area contributed by atoms with E-state index in [1.807, 2.05) is 24.3 Å². The normalized spacial score (nSPS) is 14.0. The van der Waals surface area contributed by atoms with Crippen LogP contribution in [0.2, 0.25) is 0 Å². The van der Waals surface area contributed by atoms with E-state index in [0.29, 0.717) is 6.79 Å². The molecule has 1 heterocycles. The fourth-order valence-corrected chi connectivity index (χ4v) is 2.33. The van der Waals surface area contributed by atoms with Crippen LogP contribution >= 0.6 is 0 Å². The predicted molar refractivity (Wildman–Crippen MR) is 80.8 cm³/mol. The SMILES string of the molecule is COc1ccc([C@H](C)NCc2ccc3c(c2)OCO3)cc1. The highest BCUT2D eigenvalue weighted by Gasteiger charge is 2.13. The summed E-state index contributed by atoms with van der Waals surface area (Å²) in [5.41, 5.74) is 2.41. The first-order valence-corrected chi connectivity index (χ1v) is 7.02. The van der Waals surface area contributed by atoms with Gasteiger partial charge in [0.25, 0.3) is 0 Å². The van der Waals surface area contributed by atoms with Crippen LogP contribution in [-0.2, 0) is 6.54 Å². The molecule has 1 aliphatic heterocycles. The van der Waals surface area contributed by atoms with Crippen LogP contribution in [0.1, 0.15) is 24.1 Å². The topological polar surface area (TPSA) is 39.7 Å². The molecule has 0 saturated carbocycles. The monoisotopic (exact) mass is 285 g/mol. The second-order valence-corrected chi connectivity index (χ2v) is 5.06. The number of ether oxygens (including phenoxy) is 3. The fourth-order valence-electron chi connectivity index (χ4n) is 2.33. The summed E-state index contributed by atoms with van der Waals surface area (Å²) in [6, 6.07) is 14.4. The number of methoxy groups -OCH3 is 1. The van der Waals surface area contributed by atoms with E-state index in [4.69, 9.17) is 14.2 Å². The van der Waals surface area contributed by atoms with Gasteiger partial charge >= 0.3 is 0 Å². The van der Waals surface area contributed by atoms with Gasteiger partial charge in [-0.2, -0.15) is 0 Å². The number of hydrogen-bond acceptors (Lipinski definition) is 4. The Balaban J connectivity index is 1.61. The van der Waals surface area contributed by atoms with Gasteiger partial charge in [-0.1, -0.05) is 18.2 Å². The maximum absolute atomic E-state index is 5.39. The Hall–Kier alpha value is -2.20. The zero-order valence-corrected chi connectivity index (χ0v) is 12.3. The van der Waals surface area contributed by atoms with Crippen molar-refractivity contribution in [2.75, 3.05) is 13.9 Å². The molecule has 4 nitrogen and oxygen atoms in total. The molecule has 0 spiro atoms. The van der Waals surface area contributed by atoms with E-state index in [1.165, 1.54) is 11.1 Å². The Kier molecular flexibility index (Phi) is 3.97. The summed E-state index contributed by atoms with van der Waals surface area (Å²) in [4.78, 5) is 0. The number of benzene rings is 2. The molecule has 1 aliphatic rings. The summed E-state index contributed by atoms with van der Waals surface area (Å²) in [6.45, 7) is 3.24. The second-order valence-electron chi connectivity index (χ2n) is 5.06. The maximum atomic E-state index is 5.39. The van der Waals surface area contributed by atoms with Gasteiger partial charge in [-0.25, -0.2) is 0 Å². The average Bonchev–Trinajstić information content (AvgIpc) is 3.00. The van der Waals surface area contributed by atoms with Crippen molar-refractivity contribution in [2.24, 2.45) is 0 Å². The molecule has 2 aromatic carbocycles. The van der Waals surface area contributed by atoms with Crippen LogP contribution in [0.5, 0.6) is 17.2 Å². The van der Waals surface area contributed by atoms with E-state index in [9.17, 15) is 0 Å². The van der Waals surface area contributed by atoms with Crippen LogP contribution < -0.4 is 19.5 Å². The molecule has 0 aromatic heterocycles. The lowest BCUT2D eigenvalue weighted by atomic mass is 10.1. The van der Waals surface area contributed by atoms with Crippen LogP contribution in [0.15, 0.2) is 42.5 Å². The highest BCUT2D eigenvalue weighted by atomic mass is 16.7. The molecule has 0 unspecified atom stereocenters. The van der Waals surface area contributed by atoms with Crippen molar-refractivity contribution >= 4 is 0 Å². The zero-order chi connectivity index (χ0) is 14.7. The van der Waals surface area contributed by atoms with Crippen molar-refractivity contribution < 1.29 is 14.2 Å². The van der Waals surface area contributed by atoms with E-state index in [2.05, 4.69) is 30.4 Å². The van der Waals surface area contributed by atoms with Gasteiger partial charge in [0.1, 0.15) is 5.75 Å². The van der Waals surface area contributed by atoms with E-state index in [0.717, 1.165) is 23.8 Å². The van der Waals surface area contributed by atoms with Crippen molar-refractivity contribution in [1.82, 2.24) is 5.32 Å². The van der Waals surface area contributed by atoms with Gasteiger partial charge < -0.3 is 19.5 Å². The summed E-state index contributed by atoms with van der Waals surface area (Å²) < 4.78 is 15.9. The minimum Gasteiger partial charge on any atom is -0.497 e. The Morgan fingerprint density at radius 1 is 1.10 bits per heavy atom. The molecular weight excluding hydrogens is 266 g/mol. The molecule has 0 aliphatic carbocycles. The summed E-state index contributed by atoms with van der Waals surface area (Å²) in [7, 11) is 1.68.